The van der Waals surface area contributed by atoms with Gasteiger partial charge >= 0.3 is 0 Å². The molecule has 5 heterocycles. The van der Waals surface area contributed by atoms with Gasteiger partial charge in [0.05, 0.1) is 96.9 Å². The summed E-state index contributed by atoms with van der Waals surface area (Å²) in [6.07, 6.45) is 2.85. The Labute approximate surface area is 502 Å². The van der Waals surface area contributed by atoms with E-state index in [9.17, 15) is 32.7 Å². The van der Waals surface area contributed by atoms with Crippen molar-refractivity contribution in [3.63, 3.8) is 0 Å². The highest BCUT2D eigenvalue weighted by Crippen LogP contribution is 2.35. The number of aryl methyl sites for hydroxylation is 1. The number of aromatic nitrogens is 4. The fourth-order valence-corrected chi connectivity index (χ4v) is 12.6. The Bertz CT molecular complexity index is 3150. The molecule has 3 saturated heterocycles. The molecule has 5 N–H and O–H groups in total. The first-order valence-electron chi connectivity index (χ1n) is 29.1. The van der Waals surface area contributed by atoms with Crippen LogP contribution in [0.4, 0.5) is 29.0 Å². The van der Waals surface area contributed by atoms with E-state index in [0.29, 0.717) is 62.5 Å². The van der Waals surface area contributed by atoms with Gasteiger partial charge in [-0.25, -0.2) is 23.4 Å². The maximum atomic E-state index is 14.0. The minimum Gasteiger partial charge on any atom is -0.494 e. The van der Waals surface area contributed by atoms with Crippen molar-refractivity contribution in [2.45, 2.75) is 115 Å². The summed E-state index contributed by atoms with van der Waals surface area (Å²) in [6, 6.07) is 19.1. The summed E-state index contributed by atoms with van der Waals surface area (Å²) in [7, 11) is -1.94. The summed E-state index contributed by atoms with van der Waals surface area (Å²) in [6.45, 7) is 17.3. The molecule has 85 heavy (non-hydrogen) atoms. The molecule has 0 radical (unpaired) electrons. The Hall–Kier alpha value is -6.87. The molecule has 4 amide bonds. The number of sulfone groups is 1. The zero-order valence-corrected chi connectivity index (χ0v) is 51.4. The second-order valence-electron chi connectivity index (χ2n) is 22.8. The normalized spacial score (nSPS) is 17.4. The summed E-state index contributed by atoms with van der Waals surface area (Å²) in [5.41, 5.74) is 6.09. The van der Waals surface area contributed by atoms with E-state index in [1.54, 1.807) is 56.6 Å². The van der Waals surface area contributed by atoms with Crippen LogP contribution in [0.1, 0.15) is 78.0 Å². The van der Waals surface area contributed by atoms with Crippen LogP contribution >= 0.6 is 11.3 Å². The molecule has 2 aromatic heterocycles. The fraction of sp³-hybridized carbons (Fsp3) is 0.533. The van der Waals surface area contributed by atoms with Crippen molar-refractivity contribution in [3.8, 4) is 16.2 Å². The highest BCUT2D eigenvalue weighted by Gasteiger charge is 2.44. The average molecular weight is 1210 g/mol. The SMILES string of the molecule is COc1cc(N2CCC(N3CCN(C(=O)CCOCCOCCOCCC(=O)NC(C(=O)N4C[C@H](O)C[C@H]4C(=O)NCc4ccc(-c5scnc5C)cc4)C(C)(C)C)CC3)CC2)ccc1Nc1ncnc(Nc2ccccc2S(=O)(=O)C(C)C)n1. The first kappa shape index (κ1) is 64.1. The quantitative estimate of drug-likeness (QED) is 0.0393. The highest BCUT2D eigenvalue weighted by atomic mass is 32.2. The topological polar surface area (TPSA) is 272 Å². The molecule has 0 bridgehead atoms. The number of anilines is 5. The number of rotatable bonds is 27. The van der Waals surface area contributed by atoms with Crippen LogP contribution < -0.4 is 30.9 Å². The number of hydrogen-bond donors (Lipinski definition) is 5. The third kappa shape index (κ3) is 17.4. The zero-order chi connectivity index (χ0) is 60.7. The molecule has 3 aromatic carbocycles. The van der Waals surface area contributed by atoms with Crippen LogP contribution in [-0.4, -0.2) is 194 Å². The summed E-state index contributed by atoms with van der Waals surface area (Å²) < 4.78 is 48.8. The van der Waals surface area contributed by atoms with E-state index in [1.807, 2.05) is 80.6 Å². The van der Waals surface area contributed by atoms with Gasteiger partial charge in [-0.05, 0) is 74.4 Å². The maximum Gasteiger partial charge on any atom is 0.246 e. The van der Waals surface area contributed by atoms with Gasteiger partial charge in [-0.1, -0.05) is 57.2 Å². The number of carbonyl (C=O) groups is 4. The summed E-state index contributed by atoms with van der Waals surface area (Å²) >= 11 is 1.57. The Balaban J connectivity index is 0.662. The molecule has 3 atom stereocenters. The smallest absolute Gasteiger partial charge is 0.246 e. The molecule has 23 nitrogen and oxygen atoms in total. The van der Waals surface area contributed by atoms with Gasteiger partial charge in [-0.3, -0.25) is 24.1 Å². The van der Waals surface area contributed by atoms with E-state index < -0.39 is 44.6 Å². The van der Waals surface area contributed by atoms with Gasteiger partial charge in [-0.2, -0.15) is 4.98 Å². The Morgan fingerprint density at radius 3 is 2.08 bits per heavy atom. The third-order valence-corrected chi connectivity index (χ3v) is 18.7. The standard InChI is InChI=1S/C60H82N12O11S2/c1-40(2)85(78,79)51-11-9-8-10-48(51)66-59-63-38-62-58(68-59)65-47-17-16-45(34-50(47)80-7)69-22-18-44(19-23-69)70-24-26-71(27-25-70)53(75)21-29-82-31-33-83-32-30-81-28-20-52(74)67-55(60(4,5)6)57(77)72-37-46(73)35-49(72)56(76)61-36-42-12-14-43(15-13-42)54-41(3)64-39-84-54/h8-17,34,38-40,44,46,49,55,73H,18-33,35-37H2,1-7H3,(H,61,76)(H,67,74)(H2,62,63,65,66,68)/t46-,49+,55?/m1/s1. The van der Waals surface area contributed by atoms with Gasteiger partial charge in [-0.15, -0.1) is 11.3 Å². The van der Waals surface area contributed by atoms with Crippen LogP contribution in [0.2, 0.25) is 0 Å². The molecule has 8 rings (SSSR count). The molecule has 3 aliphatic rings. The number of carbonyl (C=O) groups excluding carboxylic acids is 4. The highest BCUT2D eigenvalue weighted by molar-refractivity contribution is 7.92. The van der Waals surface area contributed by atoms with Crippen molar-refractivity contribution >= 4 is 73.8 Å². The van der Waals surface area contributed by atoms with E-state index in [1.165, 1.54) is 11.2 Å². The summed E-state index contributed by atoms with van der Waals surface area (Å²) in [5.74, 6) is -0.0458. The van der Waals surface area contributed by atoms with Crippen molar-refractivity contribution in [3.05, 3.63) is 89.8 Å². The Kier molecular flexibility index (Phi) is 22.6. The van der Waals surface area contributed by atoms with Gasteiger partial charge in [0, 0.05) is 83.0 Å². The van der Waals surface area contributed by atoms with Crippen LogP contribution in [0, 0.1) is 12.3 Å². The van der Waals surface area contributed by atoms with Gasteiger partial charge in [0.2, 0.25) is 35.5 Å². The number of likely N-dealkylation sites (tertiary alicyclic amines) is 1. The van der Waals surface area contributed by atoms with Crippen molar-refractivity contribution in [1.82, 2.24) is 45.3 Å². The number of benzene rings is 3. The van der Waals surface area contributed by atoms with E-state index >= 15 is 0 Å². The second-order valence-corrected chi connectivity index (χ2v) is 26.1. The van der Waals surface area contributed by atoms with Crippen molar-refractivity contribution in [2.24, 2.45) is 5.41 Å². The number of ether oxygens (including phenoxy) is 4. The van der Waals surface area contributed by atoms with Crippen LogP contribution in [0.3, 0.4) is 0 Å². The van der Waals surface area contributed by atoms with Crippen LogP contribution in [0.15, 0.2) is 83.5 Å². The molecule has 5 aromatic rings. The first-order chi connectivity index (χ1) is 40.8. The number of methoxy groups -OCH3 is 1. The molecule has 0 spiro atoms. The molecule has 3 aliphatic heterocycles. The van der Waals surface area contributed by atoms with Crippen molar-refractivity contribution in [1.29, 1.82) is 0 Å². The largest absolute Gasteiger partial charge is 0.494 e. The summed E-state index contributed by atoms with van der Waals surface area (Å²) in [4.78, 5) is 80.4. The predicted molar refractivity (Wildman–Crippen MR) is 325 cm³/mol. The van der Waals surface area contributed by atoms with E-state index in [2.05, 4.69) is 51.0 Å². The molecule has 0 aliphatic carbocycles. The predicted octanol–water partition coefficient (Wildman–Crippen LogP) is 5.73. The molecule has 3 fully saturated rings. The number of amides is 4. The lowest BCUT2D eigenvalue weighted by Crippen LogP contribution is -2.57. The van der Waals surface area contributed by atoms with E-state index in [0.717, 1.165) is 66.4 Å². The minimum absolute atomic E-state index is 0.0103. The van der Waals surface area contributed by atoms with Gasteiger partial charge in [0.15, 0.2) is 9.84 Å². The van der Waals surface area contributed by atoms with Gasteiger partial charge < -0.3 is 60.0 Å². The molecule has 25 heteroatoms. The molecule has 1 unspecified atom stereocenters. The minimum atomic E-state index is -3.56. The van der Waals surface area contributed by atoms with Gasteiger partial charge in [0.1, 0.15) is 24.2 Å². The number of piperazine rings is 1. The van der Waals surface area contributed by atoms with Crippen LogP contribution in [0.5, 0.6) is 5.75 Å². The van der Waals surface area contributed by atoms with E-state index in [4.69, 9.17) is 18.9 Å². The number of para-hydroxylation sites is 1. The molecular weight excluding hydrogens is 1130 g/mol. The number of nitrogens with zero attached hydrogens (tertiary/aromatic N) is 8. The molecular formula is C60H82N12O11S2. The lowest BCUT2D eigenvalue weighted by molar-refractivity contribution is -0.144. The van der Waals surface area contributed by atoms with Crippen molar-refractivity contribution in [2.75, 3.05) is 108 Å². The lowest BCUT2D eigenvalue weighted by atomic mass is 9.85. The first-order valence-corrected chi connectivity index (χ1v) is 31.5. The van der Waals surface area contributed by atoms with Gasteiger partial charge in [0.25, 0.3) is 0 Å². The number of β-amino-alcohol motifs (C(OH)–C–C–N with tert-alkyl or cyclic N) is 1. The third-order valence-electron chi connectivity index (χ3n) is 15.5. The number of aliphatic hydroxyl groups excluding tert-OH is 1. The number of hydrogen-bond acceptors (Lipinski definition) is 20. The monoisotopic (exact) mass is 1210 g/mol. The average Bonchev–Trinajstić information content (AvgIpc) is 3.27. The van der Waals surface area contributed by atoms with E-state index in [-0.39, 0.29) is 80.3 Å². The molecule has 460 valence electrons. The molecule has 0 saturated carbocycles. The maximum absolute atomic E-state index is 14.0. The lowest BCUT2D eigenvalue weighted by Gasteiger charge is -2.43. The summed E-state index contributed by atoms with van der Waals surface area (Å²) in [5, 5.41) is 22.0. The zero-order valence-electron chi connectivity index (χ0n) is 49.8. The second kappa shape index (κ2) is 30.0. The number of piperidine rings is 1. The number of nitrogens with one attached hydrogen (secondary N) is 4. The fourth-order valence-electron chi connectivity index (χ4n) is 10.6. The van der Waals surface area contributed by atoms with Crippen LogP contribution in [0.25, 0.3) is 10.4 Å². The number of aliphatic hydroxyl groups is 1. The van der Waals surface area contributed by atoms with Crippen molar-refractivity contribution < 1.29 is 51.6 Å². The number of thiazole rings is 1. The Morgan fingerprint density at radius 2 is 1.45 bits per heavy atom. The Morgan fingerprint density at radius 1 is 0.800 bits per heavy atom. The van der Waals surface area contributed by atoms with Crippen LogP contribution in [-0.2, 0) is 49.8 Å².